The monoisotopic (exact) mass is 431 g/mol. The Morgan fingerprint density at radius 3 is 2.64 bits per heavy atom. The van der Waals surface area contributed by atoms with Crippen molar-refractivity contribution >= 4 is 47.2 Å². The molecule has 0 heterocycles. The highest BCUT2D eigenvalue weighted by Crippen LogP contribution is 2.16. The van der Waals surface area contributed by atoms with E-state index in [1.54, 1.807) is 7.11 Å². The molecule has 0 fully saturated rings. The fourth-order valence-corrected chi connectivity index (χ4v) is 1.97. The van der Waals surface area contributed by atoms with E-state index < -0.39 is 0 Å². The van der Waals surface area contributed by atoms with E-state index in [-0.39, 0.29) is 24.0 Å². The van der Waals surface area contributed by atoms with Crippen LogP contribution in [0.4, 0.5) is 5.69 Å². The van der Waals surface area contributed by atoms with Gasteiger partial charge in [-0.25, -0.2) is 0 Å². The van der Waals surface area contributed by atoms with Crippen LogP contribution in [0, 0.1) is 0 Å². The van der Waals surface area contributed by atoms with Gasteiger partial charge < -0.3 is 15.8 Å². The molecule has 4 nitrogen and oxygen atoms in total. The topological polar surface area (TPSA) is 59.6 Å². The van der Waals surface area contributed by atoms with Gasteiger partial charge in [0, 0.05) is 23.3 Å². The molecule has 0 saturated heterocycles. The van der Waals surface area contributed by atoms with Gasteiger partial charge in [-0.05, 0) is 36.2 Å². The Bertz CT molecular complexity index is 617. The summed E-state index contributed by atoms with van der Waals surface area (Å²) in [6.45, 7) is 0.616. The van der Waals surface area contributed by atoms with Gasteiger partial charge in [0.05, 0.1) is 7.11 Å². The van der Waals surface area contributed by atoms with Gasteiger partial charge in [-0.1, -0.05) is 29.8 Å². The molecule has 0 radical (unpaired) electrons. The highest BCUT2D eigenvalue weighted by molar-refractivity contribution is 14.0. The molecule has 0 amide bonds. The average molecular weight is 432 g/mol. The number of halogens is 2. The van der Waals surface area contributed by atoms with Gasteiger partial charge in [0.15, 0.2) is 5.96 Å². The molecule has 0 aromatic heterocycles. The van der Waals surface area contributed by atoms with Gasteiger partial charge in [-0.15, -0.1) is 24.0 Å². The Morgan fingerprint density at radius 2 is 1.95 bits per heavy atom. The number of aliphatic imine (C=N–C) groups is 1. The van der Waals surface area contributed by atoms with E-state index in [1.165, 1.54) is 5.56 Å². The molecule has 0 atom stereocenters. The fraction of sp³-hybridized carbons (Fsp3) is 0.188. The molecule has 2 aromatic carbocycles. The van der Waals surface area contributed by atoms with E-state index in [2.05, 4.69) is 10.3 Å². The first-order valence-electron chi connectivity index (χ1n) is 6.63. The summed E-state index contributed by atoms with van der Waals surface area (Å²) < 4.78 is 5.15. The van der Waals surface area contributed by atoms with Gasteiger partial charge in [-0.3, -0.25) is 4.99 Å². The standard InChI is InChI=1S/C16H18ClN3O.HI/c1-21-15-4-2-3-14(11-15)20-16(18)19-10-9-12-5-7-13(17)8-6-12;/h2-8,11H,9-10H2,1H3,(H3,18,19,20);1H. The predicted octanol–water partition coefficient (Wildman–Crippen LogP) is 3.94. The van der Waals surface area contributed by atoms with E-state index in [0.29, 0.717) is 12.5 Å². The molecule has 0 spiro atoms. The Morgan fingerprint density at radius 1 is 1.23 bits per heavy atom. The SMILES string of the molecule is COc1cccc(NC(N)=NCCc2ccc(Cl)cc2)c1.I. The van der Waals surface area contributed by atoms with Gasteiger partial charge in [0.25, 0.3) is 0 Å². The van der Waals surface area contributed by atoms with Gasteiger partial charge in [0.1, 0.15) is 5.75 Å². The minimum Gasteiger partial charge on any atom is -0.497 e. The van der Waals surface area contributed by atoms with Crippen LogP contribution in [0.2, 0.25) is 5.02 Å². The lowest BCUT2D eigenvalue weighted by Gasteiger charge is -2.07. The van der Waals surface area contributed by atoms with Crippen LogP contribution in [-0.2, 0) is 6.42 Å². The number of guanidine groups is 1. The van der Waals surface area contributed by atoms with Crippen molar-refractivity contribution in [2.24, 2.45) is 10.7 Å². The molecule has 3 N–H and O–H groups in total. The molecular weight excluding hydrogens is 413 g/mol. The summed E-state index contributed by atoms with van der Waals surface area (Å²) in [6.07, 6.45) is 0.817. The van der Waals surface area contributed by atoms with Crippen molar-refractivity contribution in [1.82, 2.24) is 0 Å². The smallest absolute Gasteiger partial charge is 0.193 e. The number of nitrogens with zero attached hydrogens (tertiary/aromatic N) is 1. The summed E-state index contributed by atoms with van der Waals surface area (Å²) >= 11 is 5.84. The number of hydrogen-bond acceptors (Lipinski definition) is 2. The second-order valence-corrected chi connectivity index (χ2v) is 4.94. The van der Waals surface area contributed by atoms with Crippen molar-refractivity contribution in [3.05, 3.63) is 59.1 Å². The summed E-state index contributed by atoms with van der Waals surface area (Å²) in [5.41, 5.74) is 7.89. The Kier molecular flexibility index (Phi) is 8.05. The fourth-order valence-electron chi connectivity index (χ4n) is 1.84. The zero-order chi connectivity index (χ0) is 15.1. The van der Waals surface area contributed by atoms with Crippen LogP contribution in [0.15, 0.2) is 53.5 Å². The average Bonchev–Trinajstić information content (AvgIpc) is 2.49. The third-order valence-electron chi connectivity index (χ3n) is 2.94. The van der Waals surface area contributed by atoms with Crippen molar-refractivity contribution in [2.45, 2.75) is 6.42 Å². The molecule has 0 aliphatic heterocycles. The Hall–Kier alpha value is -1.47. The lowest BCUT2D eigenvalue weighted by atomic mass is 10.1. The Balaban J connectivity index is 0.00000242. The predicted molar refractivity (Wildman–Crippen MR) is 104 cm³/mol. The number of ether oxygens (including phenoxy) is 1. The molecule has 0 bridgehead atoms. The number of hydrogen-bond donors (Lipinski definition) is 2. The Labute approximate surface area is 152 Å². The van der Waals surface area contributed by atoms with Gasteiger partial charge in [-0.2, -0.15) is 0 Å². The van der Waals surface area contributed by atoms with Gasteiger partial charge in [0.2, 0.25) is 0 Å². The first-order valence-corrected chi connectivity index (χ1v) is 7.00. The highest BCUT2D eigenvalue weighted by Gasteiger charge is 1.98. The van der Waals surface area contributed by atoms with E-state index in [9.17, 15) is 0 Å². The summed E-state index contributed by atoms with van der Waals surface area (Å²) in [5.74, 6) is 1.16. The third-order valence-corrected chi connectivity index (χ3v) is 3.19. The van der Waals surface area contributed by atoms with Crippen LogP contribution < -0.4 is 15.8 Å². The molecule has 0 unspecified atom stereocenters. The lowest BCUT2D eigenvalue weighted by Crippen LogP contribution is -2.23. The number of anilines is 1. The maximum absolute atomic E-state index is 5.86. The molecule has 0 aliphatic carbocycles. The van der Waals surface area contributed by atoms with Crippen molar-refractivity contribution in [3.63, 3.8) is 0 Å². The first kappa shape index (κ1) is 18.6. The number of methoxy groups -OCH3 is 1. The summed E-state index contributed by atoms with van der Waals surface area (Å²) in [7, 11) is 1.63. The van der Waals surface area contributed by atoms with Gasteiger partial charge >= 0.3 is 0 Å². The number of rotatable bonds is 5. The van der Waals surface area contributed by atoms with Crippen LogP contribution in [0.25, 0.3) is 0 Å². The van der Waals surface area contributed by atoms with Crippen LogP contribution in [0.5, 0.6) is 5.75 Å². The minimum atomic E-state index is 0. The van der Waals surface area contributed by atoms with E-state index >= 15 is 0 Å². The zero-order valence-electron chi connectivity index (χ0n) is 12.3. The quantitative estimate of drug-likeness (QED) is 0.428. The van der Waals surface area contributed by atoms with E-state index in [0.717, 1.165) is 22.9 Å². The number of benzene rings is 2. The van der Waals surface area contributed by atoms with Crippen molar-refractivity contribution < 1.29 is 4.74 Å². The molecule has 22 heavy (non-hydrogen) atoms. The molecule has 2 rings (SSSR count). The lowest BCUT2D eigenvalue weighted by molar-refractivity contribution is 0.415. The molecule has 0 saturated carbocycles. The second kappa shape index (κ2) is 9.53. The van der Waals surface area contributed by atoms with E-state index in [4.69, 9.17) is 22.1 Å². The van der Waals surface area contributed by atoms with Crippen LogP contribution in [0.1, 0.15) is 5.56 Å². The first-order chi connectivity index (χ1) is 10.2. The van der Waals surface area contributed by atoms with Crippen LogP contribution in [0.3, 0.4) is 0 Å². The van der Waals surface area contributed by atoms with Crippen LogP contribution in [-0.4, -0.2) is 19.6 Å². The largest absolute Gasteiger partial charge is 0.497 e. The second-order valence-electron chi connectivity index (χ2n) is 4.50. The molecule has 118 valence electrons. The van der Waals surface area contributed by atoms with Crippen molar-refractivity contribution in [3.8, 4) is 5.75 Å². The summed E-state index contributed by atoms with van der Waals surface area (Å²) in [4.78, 5) is 4.30. The molecule has 6 heteroatoms. The zero-order valence-corrected chi connectivity index (χ0v) is 15.3. The normalized spacial score (nSPS) is 10.7. The third kappa shape index (κ3) is 6.11. The maximum atomic E-state index is 5.86. The number of nitrogens with two attached hydrogens (primary N) is 1. The summed E-state index contributed by atoms with van der Waals surface area (Å²) in [6, 6.07) is 15.3. The molecule has 0 aliphatic rings. The van der Waals surface area contributed by atoms with E-state index in [1.807, 2.05) is 48.5 Å². The van der Waals surface area contributed by atoms with Crippen molar-refractivity contribution in [2.75, 3.05) is 19.0 Å². The minimum absolute atomic E-state index is 0. The number of nitrogens with one attached hydrogen (secondary N) is 1. The molecule has 2 aromatic rings. The van der Waals surface area contributed by atoms with Crippen molar-refractivity contribution in [1.29, 1.82) is 0 Å². The van der Waals surface area contributed by atoms with Crippen LogP contribution >= 0.6 is 35.6 Å². The highest BCUT2D eigenvalue weighted by atomic mass is 127. The molecular formula is C16H19ClIN3O. The maximum Gasteiger partial charge on any atom is 0.193 e. The summed E-state index contributed by atoms with van der Waals surface area (Å²) in [5, 5.41) is 3.78.